The van der Waals surface area contributed by atoms with E-state index >= 15 is 0 Å². The van der Waals surface area contributed by atoms with E-state index in [1.807, 2.05) is 37.5 Å². The van der Waals surface area contributed by atoms with E-state index in [1.54, 1.807) is 54.6 Å². The van der Waals surface area contributed by atoms with Crippen LogP contribution in [0.15, 0.2) is 88.9 Å². The molecule has 0 fully saturated rings. The van der Waals surface area contributed by atoms with Gasteiger partial charge in [-0.15, -0.1) is 0 Å². The van der Waals surface area contributed by atoms with Crippen molar-refractivity contribution in [2.24, 2.45) is 5.10 Å². The molecular weight excluding hydrogens is 543 g/mol. The average Bonchev–Trinajstić information content (AvgIpc) is 3.16. The van der Waals surface area contributed by atoms with Crippen molar-refractivity contribution in [2.45, 2.75) is 25.7 Å². The van der Waals surface area contributed by atoms with Gasteiger partial charge in [0.1, 0.15) is 6.54 Å². The summed E-state index contributed by atoms with van der Waals surface area (Å²) in [6, 6.07) is 22.1. The third kappa shape index (κ3) is 5.93. The third-order valence-corrected chi connectivity index (χ3v) is 8.28. The summed E-state index contributed by atoms with van der Waals surface area (Å²) in [5, 5.41) is 5.14. The first-order valence-corrected chi connectivity index (χ1v) is 13.9. The average molecular weight is 570 g/mol. The number of rotatable bonds is 8. The lowest BCUT2D eigenvalue weighted by atomic mass is 10.2. The number of carbonyl (C=O) groups excluding carboxylic acids is 1. The highest BCUT2D eigenvalue weighted by molar-refractivity contribution is 7.92. The van der Waals surface area contributed by atoms with E-state index in [2.05, 4.69) is 10.5 Å². The zero-order valence-electron chi connectivity index (χ0n) is 21.0. The number of carbonyl (C=O) groups is 1. The molecule has 7 nitrogen and oxygen atoms in total. The molecule has 0 atom stereocenters. The fraction of sp³-hybridized carbons (Fsp3) is 0.143. The molecule has 1 aromatic heterocycles. The first-order valence-electron chi connectivity index (χ1n) is 11.7. The van der Waals surface area contributed by atoms with Crippen LogP contribution < -0.4 is 9.73 Å². The molecule has 0 aliphatic carbocycles. The number of aromatic nitrogens is 1. The summed E-state index contributed by atoms with van der Waals surface area (Å²) < 4.78 is 29.8. The molecule has 0 unspecified atom stereocenters. The molecule has 10 heteroatoms. The summed E-state index contributed by atoms with van der Waals surface area (Å²) in [6.45, 7) is 5.30. The Morgan fingerprint density at radius 1 is 0.974 bits per heavy atom. The van der Waals surface area contributed by atoms with E-state index in [9.17, 15) is 13.2 Å². The molecule has 196 valence electrons. The number of hydrogen-bond donors (Lipinski definition) is 1. The maximum Gasteiger partial charge on any atom is 0.264 e. The fourth-order valence-corrected chi connectivity index (χ4v) is 5.97. The van der Waals surface area contributed by atoms with Gasteiger partial charge >= 0.3 is 0 Å². The number of anilines is 1. The van der Waals surface area contributed by atoms with Crippen molar-refractivity contribution >= 4 is 51.0 Å². The van der Waals surface area contributed by atoms with Gasteiger partial charge in [0, 0.05) is 22.0 Å². The molecule has 4 rings (SSSR count). The summed E-state index contributed by atoms with van der Waals surface area (Å²) in [6.07, 6.45) is 1.52. The highest BCUT2D eigenvalue weighted by Crippen LogP contribution is 2.28. The largest absolute Gasteiger partial charge is 0.316 e. The Hall–Kier alpha value is -3.59. The van der Waals surface area contributed by atoms with E-state index in [0.29, 0.717) is 15.7 Å². The second kappa shape index (κ2) is 11.4. The molecule has 0 spiro atoms. The molecule has 0 bridgehead atoms. The third-order valence-electron chi connectivity index (χ3n) is 5.95. The van der Waals surface area contributed by atoms with Crippen molar-refractivity contribution in [1.29, 1.82) is 0 Å². The molecule has 0 aliphatic heterocycles. The monoisotopic (exact) mass is 568 g/mol. The van der Waals surface area contributed by atoms with Crippen LogP contribution in [0.5, 0.6) is 0 Å². The van der Waals surface area contributed by atoms with Gasteiger partial charge in [0.2, 0.25) is 0 Å². The fourth-order valence-electron chi connectivity index (χ4n) is 4.04. The first-order chi connectivity index (χ1) is 18.1. The van der Waals surface area contributed by atoms with Gasteiger partial charge in [-0.25, -0.2) is 13.8 Å². The number of nitrogens with zero attached hydrogens (tertiary/aromatic N) is 3. The molecule has 1 heterocycles. The second-order valence-corrected chi connectivity index (χ2v) is 11.4. The van der Waals surface area contributed by atoms with Crippen molar-refractivity contribution in [3.05, 3.63) is 111 Å². The van der Waals surface area contributed by atoms with Gasteiger partial charge in [-0.05, 0) is 69.3 Å². The van der Waals surface area contributed by atoms with Crippen LogP contribution in [0.1, 0.15) is 22.5 Å². The maximum atomic E-state index is 13.4. The lowest BCUT2D eigenvalue weighted by molar-refractivity contribution is -0.119. The predicted octanol–water partition coefficient (Wildman–Crippen LogP) is 6.05. The number of halogens is 2. The number of nitrogens with one attached hydrogen (secondary N) is 1. The molecule has 1 amide bonds. The number of benzene rings is 3. The Kier molecular flexibility index (Phi) is 8.26. The van der Waals surface area contributed by atoms with Gasteiger partial charge in [0.15, 0.2) is 0 Å². The van der Waals surface area contributed by atoms with E-state index in [4.69, 9.17) is 23.2 Å². The molecule has 3 aromatic carbocycles. The van der Waals surface area contributed by atoms with Gasteiger partial charge < -0.3 is 4.57 Å². The number of aryl methyl sites for hydroxylation is 2. The van der Waals surface area contributed by atoms with Crippen LogP contribution in [-0.4, -0.2) is 31.7 Å². The molecule has 4 aromatic rings. The zero-order chi connectivity index (χ0) is 27.4. The number of amides is 1. The van der Waals surface area contributed by atoms with Crippen LogP contribution in [0, 0.1) is 20.8 Å². The van der Waals surface area contributed by atoms with E-state index < -0.39 is 22.5 Å². The topological polar surface area (TPSA) is 83.8 Å². The molecular formula is C28H26Cl2N4O3S. The predicted molar refractivity (Wildman–Crippen MR) is 153 cm³/mol. The molecule has 38 heavy (non-hydrogen) atoms. The van der Waals surface area contributed by atoms with Crippen LogP contribution in [-0.2, 0) is 14.8 Å². The number of hydrazone groups is 1. The smallest absolute Gasteiger partial charge is 0.264 e. The molecule has 0 saturated carbocycles. The highest BCUT2D eigenvalue weighted by atomic mass is 35.5. The van der Waals surface area contributed by atoms with Crippen molar-refractivity contribution < 1.29 is 13.2 Å². The SMILES string of the molecule is Cc1ccc(N(CC(=O)N/N=C\c2cc(C)n(-c3ccc(Cl)cc3Cl)c2C)S(=O)(=O)c2ccccc2)cc1. The van der Waals surface area contributed by atoms with E-state index in [1.165, 1.54) is 18.3 Å². The summed E-state index contributed by atoms with van der Waals surface area (Å²) in [5.74, 6) is -0.587. The van der Waals surface area contributed by atoms with Crippen LogP contribution in [0.2, 0.25) is 10.0 Å². The minimum Gasteiger partial charge on any atom is -0.316 e. The van der Waals surface area contributed by atoms with Gasteiger partial charge in [0.25, 0.3) is 15.9 Å². The minimum atomic E-state index is -3.99. The first kappa shape index (κ1) is 27.4. The Labute approximate surface area is 232 Å². The molecule has 1 N–H and O–H groups in total. The van der Waals surface area contributed by atoms with Crippen LogP contribution in [0.4, 0.5) is 5.69 Å². The summed E-state index contributed by atoms with van der Waals surface area (Å²) in [5.41, 5.74) is 7.11. The Bertz CT molecular complexity index is 1600. The summed E-state index contributed by atoms with van der Waals surface area (Å²) in [7, 11) is -3.99. The lowest BCUT2D eigenvalue weighted by Crippen LogP contribution is -2.39. The van der Waals surface area contributed by atoms with Crippen molar-refractivity contribution in [3.63, 3.8) is 0 Å². The maximum absolute atomic E-state index is 13.4. The van der Waals surface area contributed by atoms with Crippen LogP contribution in [0.3, 0.4) is 0 Å². The van der Waals surface area contributed by atoms with E-state index in [0.717, 1.165) is 32.5 Å². The summed E-state index contributed by atoms with van der Waals surface area (Å²) >= 11 is 12.4. The van der Waals surface area contributed by atoms with Gasteiger partial charge in [-0.1, -0.05) is 59.1 Å². The Balaban J connectivity index is 1.55. The van der Waals surface area contributed by atoms with Gasteiger partial charge in [-0.2, -0.15) is 5.10 Å². The number of hydrogen-bond acceptors (Lipinski definition) is 4. The van der Waals surface area contributed by atoms with Crippen molar-refractivity contribution in [3.8, 4) is 5.69 Å². The second-order valence-electron chi connectivity index (χ2n) is 8.71. The standard InChI is InChI=1S/C28H26Cl2N4O3S/c1-19-9-12-24(13-10-19)33(38(36,37)25-7-5-4-6-8-25)18-28(35)32-31-17-22-15-20(2)34(21(22)3)27-14-11-23(29)16-26(27)30/h4-17H,18H2,1-3H3,(H,32,35)/b31-17-. The molecule has 0 aliphatic rings. The van der Waals surface area contributed by atoms with Gasteiger partial charge in [-0.3, -0.25) is 9.10 Å². The normalized spacial score (nSPS) is 11.6. The van der Waals surface area contributed by atoms with Crippen molar-refractivity contribution in [1.82, 2.24) is 9.99 Å². The minimum absolute atomic E-state index is 0.0881. The van der Waals surface area contributed by atoms with Gasteiger partial charge in [0.05, 0.1) is 27.5 Å². The van der Waals surface area contributed by atoms with Crippen LogP contribution in [0.25, 0.3) is 5.69 Å². The Morgan fingerprint density at radius 2 is 1.66 bits per heavy atom. The quantitative estimate of drug-likeness (QED) is 0.207. The lowest BCUT2D eigenvalue weighted by Gasteiger charge is -2.23. The number of sulfonamides is 1. The zero-order valence-corrected chi connectivity index (χ0v) is 23.3. The highest BCUT2D eigenvalue weighted by Gasteiger charge is 2.27. The van der Waals surface area contributed by atoms with E-state index in [-0.39, 0.29) is 4.90 Å². The van der Waals surface area contributed by atoms with Crippen molar-refractivity contribution in [2.75, 3.05) is 10.8 Å². The molecule has 0 radical (unpaired) electrons. The van der Waals surface area contributed by atoms with Crippen LogP contribution >= 0.6 is 23.2 Å². The molecule has 0 saturated heterocycles. The Morgan fingerprint density at radius 3 is 2.32 bits per heavy atom. The summed E-state index contributed by atoms with van der Waals surface area (Å²) in [4.78, 5) is 12.9.